The van der Waals surface area contributed by atoms with Gasteiger partial charge in [-0.15, -0.1) is 0 Å². The molecule has 0 spiro atoms. The number of ketones is 2. The van der Waals surface area contributed by atoms with E-state index in [1.165, 1.54) is 0 Å². The van der Waals surface area contributed by atoms with Crippen LogP contribution in [-0.4, -0.2) is 94.8 Å². The van der Waals surface area contributed by atoms with Crippen LogP contribution in [0.5, 0.6) is 11.5 Å². The first-order chi connectivity index (χ1) is 21.1. The summed E-state index contributed by atoms with van der Waals surface area (Å²) in [6, 6.07) is 7.53. The second-order valence-electron chi connectivity index (χ2n) is 12.5. The molecule has 7 N–H and O–H groups in total. The standard InChI is InChI=1S/C32H38N4O9/c1-14-6-8-17(9-7-14)45-31(43)34-13-16-12-20(35(2)3)18-10-15-11-19-24(36(4)5)27(39)23(30(33)42)29(41)32(19,44)28(40)21(15)26(38)22(18)25(16)37/h6-9,12,15,19,23-24,27,37-39,44H,10-11,13H2,1-5H3,(H2,33,42)(H,34,43)/t15-,19-,23?,24-,27?,32-/m1/s1. The summed E-state index contributed by atoms with van der Waals surface area (Å²) in [5, 5.41) is 48.4. The SMILES string of the molecule is Cc1ccc(OC(=O)NCc2cc(N(C)C)c3c(c2O)C(O)=C2C(=O)[C@@]4(O)C(=O)C(C(N)=O)C(O)[C@H](N(C)C)[C@H]4C[C@H]2C3)cc1. The minimum absolute atomic E-state index is 0.0139. The Hall–Kier alpha value is -4.46. The number of aliphatic hydroxyl groups is 3. The Morgan fingerprint density at radius 3 is 2.33 bits per heavy atom. The molecule has 2 unspecified atom stereocenters. The highest BCUT2D eigenvalue weighted by Gasteiger charge is 2.67. The molecule has 0 radical (unpaired) electrons. The molecular weight excluding hydrogens is 584 g/mol. The third kappa shape index (κ3) is 5.10. The van der Waals surface area contributed by atoms with Crippen LogP contribution in [0.15, 0.2) is 35.9 Å². The predicted octanol–water partition coefficient (Wildman–Crippen LogP) is 0.792. The Morgan fingerprint density at radius 2 is 1.76 bits per heavy atom. The van der Waals surface area contributed by atoms with E-state index < -0.39 is 70.6 Å². The molecule has 0 aromatic heterocycles. The summed E-state index contributed by atoms with van der Waals surface area (Å²) < 4.78 is 5.30. The van der Waals surface area contributed by atoms with E-state index in [0.717, 1.165) is 5.56 Å². The molecule has 2 amide bonds. The molecule has 6 atom stereocenters. The molecule has 0 saturated heterocycles. The highest BCUT2D eigenvalue weighted by molar-refractivity contribution is 6.25. The lowest BCUT2D eigenvalue weighted by molar-refractivity contribution is -0.184. The lowest BCUT2D eigenvalue weighted by atomic mass is 9.54. The molecule has 2 aromatic carbocycles. The summed E-state index contributed by atoms with van der Waals surface area (Å²) in [7, 11) is 6.72. The van der Waals surface area contributed by atoms with E-state index in [0.29, 0.717) is 17.0 Å². The molecule has 13 nitrogen and oxygen atoms in total. The Kier molecular flexibility index (Phi) is 8.15. The summed E-state index contributed by atoms with van der Waals surface area (Å²) in [5.74, 6) is -7.83. The molecule has 5 rings (SSSR count). The van der Waals surface area contributed by atoms with Crippen molar-refractivity contribution in [3.8, 4) is 11.5 Å². The number of benzene rings is 2. The maximum atomic E-state index is 14.1. The van der Waals surface area contributed by atoms with E-state index in [4.69, 9.17) is 10.5 Å². The lowest BCUT2D eigenvalue weighted by Crippen LogP contribution is -2.73. The first-order valence-electron chi connectivity index (χ1n) is 14.6. The third-order valence-corrected chi connectivity index (χ3v) is 9.28. The second-order valence-corrected chi connectivity index (χ2v) is 12.5. The molecular formula is C32H38N4O9. The lowest BCUT2D eigenvalue weighted by Gasteiger charge is -2.53. The summed E-state index contributed by atoms with van der Waals surface area (Å²) in [6.45, 7) is 1.70. The molecule has 2 saturated carbocycles. The first-order valence-corrected chi connectivity index (χ1v) is 14.6. The van der Waals surface area contributed by atoms with Crippen LogP contribution in [0.25, 0.3) is 5.76 Å². The fourth-order valence-corrected chi connectivity index (χ4v) is 7.16. The van der Waals surface area contributed by atoms with E-state index in [9.17, 15) is 39.6 Å². The second kappa shape index (κ2) is 11.5. The van der Waals surface area contributed by atoms with Crippen molar-refractivity contribution in [3.05, 3.63) is 58.2 Å². The van der Waals surface area contributed by atoms with Crippen molar-refractivity contribution >= 4 is 35.0 Å². The topological polar surface area (TPSA) is 203 Å². The normalized spacial score (nSPS) is 27.4. The molecule has 0 aliphatic heterocycles. The Labute approximate surface area is 259 Å². The van der Waals surface area contributed by atoms with E-state index in [2.05, 4.69) is 5.32 Å². The average Bonchev–Trinajstić information content (AvgIpc) is 2.95. The van der Waals surface area contributed by atoms with Crippen molar-refractivity contribution in [2.45, 2.75) is 44.1 Å². The molecule has 2 fully saturated rings. The van der Waals surface area contributed by atoms with Crippen LogP contribution in [0, 0.1) is 24.7 Å². The van der Waals surface area contributed by atoms with Gasteiger partial charge in [0.05, 0.1) is 11.7 Å². The maximum absolute atomic E-state index is 14.1. The number of rotatable bonds is 6. The van der Waals surface area contributed by atoms with Crippen molar-refractivity contribution in [3.63, 3.8) is 0 Å². The number of nitrogens with zero attached hydrogens (tertiary/aromatic N) is 2. The fourth-order valence-electron chi connectivity index (χ4n) is 7.16. The van der Waals surface area contributed by atoms with Crippen LogP contribution in [-0.2, 0) is 27.3 Å². The zero-order valence-electron chi connectivity index (χ0n) is 25.7. The molecule has 0 bridgehead atoms. The number of aliphatic hydroxyl groups excluding tert-OH is 2. The van der Waals surface area contributed by atoms with Crippen LogP contribution < -0.4 is 20.7 Å². The van der Waals surface area contributed by atoms with Crippen LogP contribution >= 0.6 is 0 Å². The monoisotopic (exact) mass is 622 g/mol. The highest BCUT2D eigenvalue weighted by Crippen LogP contribution is 2.53. The zero-order chi connectivity index (χ0) is 33.1. The van der Waals surface area contributed by atoms with Gasteiger partial charge in [0, 0.05) is 49.4 Å². The smallest absolute Gasteiger partial charge is 0.412 e. The summed E-state index contributed by atoms with van der Waals surface area (Å²) in [6.07, 6.45) is -2.17. The predicted molar refractivity (Wildman–Crippen MR) is 162 cm³/mol. The number of ether oxygens (including phenoxy) is 1. The number of hydrogen-bond acceptors (Lipinski definition) is 11. The van der Waals surface area contributed by atoms with Gasteiger partial charge in [0.1, 0.15) is 23.2 Å². The molecule has 13 heteroatoms. The number of phenols is 1. The number of nitrogens with two attached hydrogens (primary N) is 1. The number of amides is 2. The number of hydrogen-bond donors (Lipinski definition) is 6. The van der Waals surface area contributed by atoms with Gasteiger partial charge in [0.15, 0.2) is 11.4 Å². The number of phenolic OH excluding ortho intramolecular Hbond substituents is 1. The Balaban J connectivity index is 1.55. The minimum atomic E-state index is -2.75. The van der Waals surface area contributed by atoms with E-state index in [1.807, 2.05) is 6.92 Å². The first kappa shape index (κ1) is 31.9. The molecule has 240 valence electrons. The quantitative estimate of drug-likeness (QED) is 0.249. The van der Waals surface area contributed by atoms with Crippen LogP contribution in [0.2, 0.25) is 0 Å². The number of Topliss-reactive ketones (excluding diaryl/α,β-unsaturated/α-hetero) is 2. The number of primary amides is 1. The Morgan fingerprint density at radius 1 is 1.11 bits per heavy atom. The van der Waals surface area contributed by atoms with Gasteiger partial charge in [-0.1, -0.05) is 17.7 Å². The molecule has 3 aliphatic carbocycles. The van der Waals surface area contributed by atoms with Gasteiger partial charge in [-0.3, -0.25) is 14.4 Å². The Bertz CT molecular complexity index is 1620. The fraction of sp³-hybridized carbons (Fsp3) is 0.438. The number of aryl methyl sites for hydroxylation is 1. The van der Waals surface area contributed by atoms with Gasteiger partial charge in [0.2, 0.25) is 11.7 Å². The van der Waals surface area contributed by atoms with Gasteiger partial charge in [-0.2, -0.15) is 0 Å². The van der Waals surface area contributed by atoms with Gasteiger partial charge in [-0.25, -0.2) is 4.79 Å². The number of fused-ring (bicyclic) bond motifs is 3. The van der Waals surface area contributed by atoms with Crippen LogP contribution in [0.4, 0.5) is 10.5 Å². The van der Waals surface area contributed by atoms with Crippen molar-refractivity contribution in [1.82, 2.24) is 10.2 Å². The highest BCUT2D eigenvalue weighted by atomic mass is 16.6. The van der Waals surface area contributed by atoms with E-state index in [-0.39, 0.29) is 36.1 Å². The number of likely N-dealkylation sites (N-methyl/N-ethyl adjacent to an activating group) is 1. The summed E-state index contributed by atoms with van der Waals surface area (Å²) >= 11 is 0. The average molecular weight is 623 g/mol. The molecule has 2 aromatic rings. The third-order valence-electron chi connectivity index (χ3n) is 9.28. The number of aromatic hydroxyl groups is 1. The van der Waals surface area contributed by atoms with Gasteiger partial charge >= 0.3 is 6.09 Å². The number of nitrogens with one attached hydrogen (secondary N) is 1. The van der Waals surface area contributed by atoms with Crippen molar-refractivity contribution in [1.29, 1.82) is 0 Å². The van der Waals surface area contributed by atoms with E-state index >= 15 is 0 Å². The van der Waals surface area contributed by atoms with Crippen molar-refractivity contribution in [2.24, 2.45) is 23.5 Å². The molecule has 3 aliphatic rings. The summed E-state index contributed by atoms with van der Waals surface area (Å²) in [5.41, 5.74) is 4.70. The largest absolute Gasteiger partial charge is 0.507 e. The summed E-state index contributed by atoms with van der Waals surface area (Å²) in [4.78, 5) is 55.7. The van der Waals surface area contributed by atoms with Gasteiger partial charge < -0.3 is 46.0 Å². The van der Waals surface area contributed by atoms with Gasteiger partial charge in [0.25, 0.3) is 0 Å². The maximum Gasteiger partial charge on any atom is 0.412 e. The van der Waals surface area contributed by atoms with Crippen LogP contribution in [0.1, 0.15) is 28.7 Å². The molecule has 0 heterocycles. The van der Waals surface area contributed by atoms with Gasteiger partial charge in [-0.05, 0) is 63.5 Å². The minimum Gasteiger partial charge on any atom is -0.507 e. The van der Waals surface area contributed by atoms with Crippen molar-refractivity contribution < 1.29 is 44.3 Å². The zero-order valence-corrected chi connectivity index (χ0v) is 25.7. The number of carbonyl (C=O) groups is 4. The van der Waals surface area contributed by atoms with E-state index in [1.54, 1.807) is 68.3 Å². The number of carbonyl (C=O) groups excluding carboxylic acids is 4. The molecule has 45 heavy (non-hydrogen) atoms. The van der Waals surface area contributed by atoms with Crippen LogP contribution in [0.3, 0.4) is 0 Å². The number of anilines is 1. The van der Waals surface area contributed by atoms with Crippen molar-refractivity contribution in [2.75, 3.05) is 33.1 Å².